The minimum atomic E-state index is -0.158. The minimum absolute atomic E-state index is 0.0353. The van der Waals surface area contributed by atoms with Crippen molar-refractivity contribution in [1.29, 1.82) is 0 Å². The number of ketones is 1. The highest BCUT2D eigenvalue weighted by molar-refractivity contribution is 6.78. The summed E-state index contributed by atoms with van der Waals surface area (Å²) in [7, 11) is 0. The molecule has 3 aliphatic rings. The van der Waals surface area contributed by atoms with Crippen molar-refractivity contribution in [3.63, 3.8) is 0 Å². The Morgan fingerprint density at radius 2 is 1.74 bits per heavy atom. The zero-order valence-electron chi connectivity index (χ0n) is 9.88. The maximum absolute atomic E-state index is 12.3. The Hall–Kier alpha value is -2.00. The van der Waals surface area contributed by atoms with Crippen LogP contribution in [-0.2, 0) is 0 Å². The fourth-order valence-electron chi connectivity index (χ4n) is 2.65. The van der Waals surface area contributed by atoms with Gasteiger partial charge in [-0.25, -0.2) is 0 Å². The van der Waals surface area contributed by atoms with Gasteiger partial charge in [-0.2, -0.15) is 0 Å². The molecule has 0 radical (unpaired) electrons. The highest BCUT2D eigenvalue weighted by Crippen LogP contribution is 2.29. The van der Waals surface area contributed by atoms with Gasteiger partial charge in [0.1, 0.15) is 5.71 Å². The lowest BCUT2D eigenvalue weighted by molar-refractivity contribution is 0.106. The predicted octanol–water partition coefficient (Wildman–Crippen LogP) is 2.56. The van der Waals surface area contributed by atoms with Crippen LogP contribution in [0.5, 0.6) is 0 Å². The third-order valence-corrected chi connectivity index (χ3v) is 3.81. The number of aliphatic imine (C=N–C) groups is 2. The average molecular weight is 269 g/mol. The van der Waals surface area contributed by atoms with E-state index in [1.807, 2.05) is 42.5 Å². The van der Waals surface area contributed by atoms with Gasteiger partial charge in [0, 0.05) is 16.2 Å². The average Bonchev–Trinajstić information content (AvgIpc) is 2.70. The van der Waals surface area contributed by atoms with E-state index in [0.29, 0.717) is 16.3 Å². The molecule has 1 heterocycles. The van der Waals surface area contributed by atoms with Crippen molar-refractivity contribution in [1.82, 2.24) is 0 Å². The van der Waals surface area contributed by atoms with Crippen LogP contribution in [-0.4, -0.2) is 29.3 Å². The Bertz CT molecular complexity index is 727. The number of allylic oxidation sites excluding steroid dienone is 2. The SMILES string of the molecule is O=C1C2=N[C@H]3C=C(Cl)C=C[C@H]3N=C2c2ccccc21. The molecule has 19 heavy (non-hydrogen) atoms. The summed E-state index contributed by atoms with van der Waals surface area (Å²) in [4.78, 5) is 21.5. The van der Waals surface area contributed by atoms with E-state index in [4.69, 9.17) is 11.6 Å². The van der Waals surface area contributed by atoms with E-state index in [2.05, 4.69) is 9.98 Å². The summed E-state index contributed by atoms with van der Waals surface area (Å²) in [5, 5.41) is 0.646. The van der Waals surface area contributed by atoms with Crippen LogP contribution in [0, 0.1) is 0 Å². The van der Waals surface area contributed by atoms with Crippen LogP contribution in [0.4, 0.5) is 0 Å². The van der Waals surface area contributed by atoms with E-state index in [0.717, 1.165) is 11.3 Å². The first-order valence-electron chi connectivity index (χ1n) is 6.09. The van der Waals surface area contributed by atoms with Crippen LogP contribution in [0.3, 0.4) is 0 Å². The molecule has 0 spiro atoms. The van der Waals surface area contributed by atoms with E-state index in [1.165, 1.54) is 0 Å². The standard InChI is InChI=1S/C15H9ClN2O/c16-8-5-6-11-12(7-8)18-14-13(17-11)9-3-1-2-4-10(9)15(14)19/h1-7,11-12H/t11-,12+/m1/s1. The van der Waals surface area contributed by atoms with E-state index in [1.54, 1.807) is 0 Å². The van der Waals surface area contributed by atoms with Crippen molar-refractivity contribution in [2.24, 2.45) is 9.98 Å². The minimum Gasteiger partial charge on any atom is -0.287 e. The van der Waals surface area contributed by atoms with Gasteiger partial charge in [-0.1, -0.05) is 41.9 Å². The number of nitrogens with zero attached hydrogens (tertiary/aromatic N) is 2. The van der Waals surface area contributed by atoms with Crippen molar-refractivity contribution < 1.29 is 4.79 Å². The summed E-state index contributed by atoms with van der Waals surface area (Å²) < 4.78 is 0. The molecule has 0 bridgehead atoms. The number of Topliss-reactive ketones (excluding diaryl/α,β-unsaturated/α-hetero) is 1. The molecule has 1 aliphatic heterocycles. The normalized spacial score (nSPS) is 27.0. The lowest BCUT2D eigenvalue weighted by Gasteiger charge is -2.23. The summed E-state index contributed by atoms with van der Waals surface area (Å²) in [5.74, 6) is -0.0353. The Labute approximate surface area is 115 Å². The van der Waals surface area contributed by atoms with E-state index in [-0.39, 0.29) is 17.9 Å². The van der Waals surface area contributed by atoms with Crippen molar-refractivity contribution in [3.8, 4) is 0 Å². The fourth-order valence-corrected chi connectivity index (χ4v) is 2.86. The van der Waals surface area contributed by atoms with Gasteiger partial charge in [0.25, 0.3) is 0 Å². The molecule has 92 valence electrons. The predicted molar refractivity (Wildman–Crippen MR) is 75.4 cm³/mol. The summed E-state index contributed by atoms with van der Waals surface area (Å²) in [6, 6.07) is 7.30. The molecule has 0 fully saturated rings. The molecule has 0 amide bonds. The Kier molecular flexibility index (Phi) is 2.15. The third kappa shape index (κ3) is 1.48. The molecule has 3 nitrogen and oxygen atoms in total. The number of carbonyl (C=O) groups is 1. The van der Waals surface area contributed by atoms with Gasteiger partial charge >= 0.3 is 0 Å². The maximum atomic E-state index is 12.3. The Morgan fingerprint density at radius 1 is 1.00 bits per heavy atom. The van der Waals surface area contributed by atoms with Crippen LogP contribution in [0.25, 0.3) is 0 Å². The second-order valence-corrected chi connectivity index (χ2v) is 5.16. The van der Waals surface area contributed by atoms with Crippen LogP contribution < -0.4 is 0 Å². The molecule has 4 heteroatoms. The van der Waals surface area contributed by atoms with Gasteiger partial charge in [0.2, 0.25) is 5.78 Å². The van der Waals surface area contributed by atoms with Gasteiger partial charge < -0.3 is 0 Å². The van der Waals surface area contributed by atoms with Crippen LogP contribution >= 0.6 is 11.6 Å². The summed E-state index contributed by atoms with van der Waals surface area (Å²) >= 11 is 5.98. The molecule has 4 rings (SSSR count). The van der Waals surface area contributed by atoms with Crippen LogP contribution in [0.1, 0.15) is 15.9 Å². The van der Waals surface area contributed by atoms with Gasteiger partial charge in [-0.05, 0) is 12.2 Å². The Balaban J connectivity index is 1.90. The smallest absolute Gasteiger partial charge is 0.213 e. The lowest BCUT2D eigenvalue weighted by Crippen LogP contribution is -2.32. The number of halogens is 1. The van der Waals surface area contributed by atoms with Gasteiger partial charge in [-0.15, -0.1) is 0 Å². The van der Waals surface area contributed by atoms with Crippen LogP contribution in [0.15, 0.2) is 57.5 Å². The number of benzene rings is 1. The molecule has 0 unspecified atom stereocenters. The molecule has 2 atom stereocenters. The second kappa shape index (κ2) is 3.75. The van der Waals surface area contributed by atoms with E-state index < -0.39 is 0 Å². The third-order valence-electron chi connectivity index (χ3n) is 3.56. The molecule has 0 N–H and O–H groups in total. The monoisotopic (exact) mass is 268 g/mol. The lowest BCUT2D eigenvalue weighted by atomic mass is 10.00. The molecular weight excluding hydrogens is 260 g/mol. The van der Waals surface area contributed by atoms with Crippen molar-refractivity contribution in [2.45, 2.75) is 12.1 Å². The number of hydrogen-bond donors (Lipinski definition) is 0. The number of hydrogen-bond acceptors (Lipinski definition) is 3. The Morgan fingerprint density at radius 3 is 2.58 bits per heavy atom. The maximum Gasteiger partial charge on any atom is 0.213 e. The van der Waals surface area contributed by atoms with Crippen molar-refractivity contribution in [3.05, 3.63) is 58.7 Å². The highest BCUT2D eigenvalue weighted by Gasteiger charge is 2.37. The quantitative estimate of drug-likeness (QED) is 0.713. The van der Waals surface area contributed by atoms with Crippen LogP contribution in [0.2, 0.25) is 0 Å². The molecule has 1 aromatic rings. The molecule has 0 aromatic heterocycles. The molecule has 0 saturated heterocycles. The van der Waals surface area contributed by atoms with Crippen molar-refractivity contribution in [2.75, 3.05) is 0 Å². The van der Waals surface area contributed by atoms with Gasteiger partial charge in [0.15, 0.2) is 0 Å². The molecule has 0 saturated carbocycles. The van der Waals surface area contributed by atoms with E-state index in [9.17, 15) is 4.79 Å². The molecule has 1 aromatic carbocycles. The number of rotatable bonds is 0. The van der Waals surface area contributed by atoms with Gasteiger partial charge in [0.05, 0.1) is 17.8 Å². The molecular formula is C15H9ClN2O. The number of fused-ring (bicyclic) bond motifs is 4. The van der Waals surface area contributed by atoms with Gasteiger partial charge in [-0.3, -0.25) is 14.8 Å². The summed E-state index contributed by atoms with van der Waals surface area (Å²) in [6.45, 7) is 0. The first-order valence-corrected chi connectivity index (χ1v) is 6.47. The topological polar surface area (TPSA) is 41.8 Å². The molecule has 2 aliphatic carbocycles. The largest absolute Gasteiger partial charge is 0.287 e. The fraction of sp³-hybridized carbons (Fsp3) is 0.133. The first-order chi connectivity index (χ1) is 9.24. The summed E-state index contributed by atoms with van der Waals surface area (Å²) in [6.07, 6.45) is 5.61. The second-order valence-electron chi connectivity index (χ2n) is 4.72. The first kappa shape index (κ1) is 10.9. The zero-order chi connectivity index (χ0) is 13.0. The highest BCUT2D eigenvalue weighted by atomic mass is 35.5. The van der Waals surface area contributed by atoms with E-state index >= 15 is 0 Å². The number of carbonyl (C=O) groups excluding carboxylic acids is 1. The zero-order valence-corrected chi connectivity index (χ0v) is 10.6. The van der Waals surface area contributed by atoms with Crippen molar-refractivity contribution >= 4 is 28.8 Å². The summed E-state index contributed by atoms with van der Waals surface area (Å²) in [5.41, 5.74) is 2.77.